The highest BCUT2D eigenvalue weighted by Gasteiger charge is 2.40. The third-order valence-corrected chi connectivity index (χ3v) is 4.61. The van der Waals surface area contributed by atoms with E-state index in [1.807, 2.05) is 18.2 Å². The average Bonchev–Trinajstić information content (AvgIpc) is 3.03. The van der Waals surface area contributed by atoms with E-state index in [0.29, 0.717) is 50.2 Å². The first-order valence-corrected chi connectivity index (χ1v) is 7.86. The zero-order valence-electron chi connectivity index (χ0n) is 12.7. The molecule has 1 spiro atoms. The van der Waals surface area contributed by atoms with Crippen molar-refractivity contribution in [2.75, 3.05) is 26.3 Å². The van der Waals surface area contributed by atoms with Crippen LogP contribution >= 0.6 is 0 Å². The first kappa shape index (κ1) is 14.4. The van der Waals surface area contributed by atoms with Gasteiger partial charge in [0.2, 0.25) is 0 Å². The van der Waals surface area contributed by atoms with Gasteiger partial charge in [-0.05, 0) is 17.5 Å². The number of hydrogen-bond acceptors (Lipinski definition) is 4. The van der Waals surface area contributed by atoms with Gasteiger partial charge in [-0.15, -0.1) is 0 Å². The van der Waals surface area contributed by atoms with Gasteiger partial charge < -0.3 is 19.4 Å². The van der Waals surface area contributed by atoms with E-state index in [4.69, 9.17) is 9.47 Å². The van der Waals surface area contributed by atoms with E-state index >= 15 is 0 Å². The number of carbonyl (C=O) groups excluding carboxylic acids is 1. The number of pyridine rings is 1. The minimum atomic E-state index is -0.506. The van der Waals surface area contributed by atoms with Gasteiger partial charge in [-0.1, -0.05) is 18.2 Å². The number of H-pyrrole nitrogens is 1. The van der Waals surface area contributed by atoms with Gasteiger partial charge in [-0.3, -0.25) is 9.59 Å². The SMILES string of the molecule is O=C(c1cc2ccccc2c(=O)[nH]1)N1CCC2(CC1)OCCO2. The van der Waals surface area contributed by atoms with Gasteiger partial charge >= 0.3 is 0 Å². The third-order valence-electron chi connectivity index (χ3n) is 4.61. The molecule has 1 aromatic carbocycles. The molecule has 6 nitrogen and oxygen atoms in total. The van der Waals surface area contributed by atoms with Crippen LogP contribution in [0.3, 0.4) is 0 Å². The quantitative estimate of drug-likeness (QED) is 0.866. The number of ether oxygens (including phenoxy) is 2. The summed E-state index contributed by atoms with van der Waals surface area (Å²) in [4.78, 5) is 29.2. The van der Waals surface area contributed by atoms with Crippen molar-refractivity contribution in [1.29, 1.82) is 0 Å². The fourth-order valence-corrected chi connectivity index (χ4v) is 3.33. The van der Waals surface area contributed by atoms with Crippen molar-refractivity contribution in [3.05, 3.63) is 46.4 Å². The lowest BCUT2D eigenvalue weighted by Crippen LogP contribution is -2.47. The summed E-state index contributed by atoms with van der Waals surface area (Å²) in [5, 5.41) is 1.37. The van der Waals surface area contributed by atoms with E-state index in [1.165, 1.54) is 0 Å². The smallest absolute Gasteiger partial charge is 0.270 e. The number of hydrogen-bond donors (Lipinski definition) is 1. The molecule has 0 atom stereocenters. The van der Waals surface area contributed by atoms with Gasteiger partial charge in [0.1, 0.15) is 5.69 Å². The molecule has 6 heteroatoms. The van der Waals surface area contributed by atoms with Crippen molar-refractivity contribution in [3.8, 4) is 0 Å². The van der Waals surface area contributed by atoms with Crippen molar-refractivity contribution in [2.45, 2.75) is 18.6 Å². The minimum absolute atomic E-state index is 0.152. The van der Waals surface area contributed by atoms with Gasteiger partial charge in [-0.2, -0.15) is 0 Å². The van der Waals surface area contributed by atoms with Gasteiger partial charge in [0.25, 0.3) is 11.5 Å². The fraction of sp³-hybridized carbons (Fsp3) is 0.412. The van der Waals surface area contributed by atoms with E-state index in [1.54, 1.807) is 17.0 Å². The lowest BCUT2D eigenvalue weighted by Gasteiger charge is -2.37. The minimum Gasteiger partial charge on any atom is -0.347 e. The van der Waals surface area contributed by atoms with Crippen LogP contribution in [0.15, 0.2) is 35.1 Å². The number of likely N-dealkylation sites (tertiary alicyclic amines) is 1. The molecule has 2 aliphatic heterocycles. The van der Waals surface area contributed by atoms with E-state index in [9.17, 15) is 9.59 Å². The lowest BCUT2D eigenvalue weighted by atomic mass is 10.0. The number of fused-ring (bicyclic) bond motifs is 1. The number of benzene rings is 1. The molecule has 0 bridgehead atoms. The molecular formula is C17H18N2O4. The van der Waals surface area contributed by atoms with Gasteiger partial charge in [0.05, 0.1) is 13.2 Å². The Morgan fingerprint density at radius 3 is 2.57 bits per heavy atom. The molecule has 2 saturated heterocycles. The second-order valence-corrected chi connectivity index (χ2v) is 6.00. The van der Waals surface area contributed by atoms with Crippen LogP contribution in [-0.2, 0) is 9.47 Å². The number of carbonyl (C=O) groups is 1. The van der Waals surface area contributed by atoms with Crippen molar-refractivity contribution < 1.29 is 14.3 Å². The predicted octanol–water partition coefficient (Wildman–Crippen LogP) is 1.51. The molecule has 1 N–H and O–H groups in total. The van der Waals surface area contributed by atoms with Crippen molar-refractivity contribution in [1.82, 2.24) is 9.88 Å². The summed E-state index contributed by atoms with van der Waals surface area (Å²) >= 11 is 0. The Morgan fingerprint density at radius 2 is 1.83 bits per heavy atom. The summed E-state index contributed by atoms with van der Waals surface area (Å²) in [5.74, 6) is -0.659. The van der Waals surface area contributed by atoms with Crippen LogP contribution in [0.1, 0.15) is 23.3 Å². The van der Waals surface area contributed by atoms with Crippen LogP contribution in [0.5, 0.6) is 0 Å². The Labute approximate surface area is 133 Å². The molecule has 0 radical (unpaired) electrons. The van der Waals surface area contributed by atoms with Gasteiger partial charge in [0, 0.05) is 31.3 Å². The van der Waals surface area contributed by atoms with Gasteiger partial charge in [0.15, 0.2) is 5.79 Å². The van der Waals surface area contributed by atoms with Gasteiger partial charge in [-0.25, -0.2) is 0 Å². The molecule has 0 saturated carbocycles. The van der Waals surface area contributed by atoms with Crippen LogP contribution in [-0.4, -0.2) is 47.9 Å². The Hall–Kier alpha value is -2.18. The van der Waals surface area contributed by atoms with E-state index in [-0.39, 0.29) is 11.5 Å². The monoisotopic (exact) mass is 314 g/mol. The first-order valence-electron chi connectivity index (χ1n) is 7.86. The largest absolute Gasteiger partial charge is 0.347 e. The molecule has 3 heterocycles. The maximum atomic E-state index is 12.7. The number of nitrogens with one attached hydrogen (secondary N) is 1. The van der Waals surface area contributed by atoms with Crippen LogP contribution in [0, 0.1) is 0 Å². The summed E-state index contributed by atoms with van der Waals surface area (Å²) in [7, 11) is 0. The molecule has 1 aromatic heterocycles. The van der Waals surface area contributed by atoms with Crippen molar-refractivity contribution >= 4 is 16.7 Å². The predicted molar refractivity (Wildman–Crippen MR) is 84.3 cm³/mol. The highest BCUT2D eigenvalue weighted by Crippen LogP contribution is 2.31. The Kier molecular flexibility index (Phi) is 3.43. The summed E-state index contributed by atoms with van der Waals surface area (Å²) in [6.07, 6.45) is 1.33. The Bertz CT molecular complexity index is 798. The third kappa shape index (κ3) is 2.54. The molecule has 120 valence electrons. The Balaban J connectivity index is 1.57. The van der Waals surface area contributed by atoms with Crippen LogP contribution in [0.2, 0.25) is 0 Å². The standard InChI is InChI=1S/C17H18N2O4/c20-15-13-4-2-1-3-12(13)11-14(18-15)16(21)19-7-5-17(6-8-19)22-9-10-23-17/h1-4,11H,5-10H2,(H,18,20). The normalized spacial score (nSPS) is 20.3. The van der Waals surface area contributed by atoms with Crippen LogP contribution < -0.4 is 5.56 Å². The second-order valence-electron chi connectivity index (χ2n) is 6.00. The molecule has 1 amide bonds. The number of aromatic amines is 1. The number of amides is 1. The molecule has 23 heavy (non-hydrogen) atoms. The topological polar surface area (TPSA) is 71.6 Å². The van der Waals surface area contributed by atoms with Crippen molar-refractivity contribution in [2.24, 2.45) is 0 Å². The first-order chi connectivity index (χ1) is 11.2. The molecule has 2 aliphatic rings. The maximum absolute atomic E-state index is 12.7. The maximum Gasteiger partial charge on any atom is 0.270 e. The number of piperidine rings is 1. The molecule has 2 aromatic rings. The van der Waals surface area contributed by atoms with E-state index < -0.39 is 5.79 Å². The molecule has 0 unspecified atom stereocenters. The summed E-state index contributed by atoms with van der Waals surface area (Å²) in [6, 6.07) is 9.00. The summed E-state index contributed by atoms with van der Waals surface area (Å²) < 4.78 is 11.3. The number of rotatable bonds is 1. The van der Waals surface area contributed by atoms with Crippen molar-refractivity contribution in [3.63, 3.8) is 0 Å². The second kappa shape index (κ2) is 5.47. The fourth-order valence-electron chi connectivity index (χ4n) is 3.33. The zero-order valence-corrected chi connectivity index (χ0v) is 12.7. The Morgan fingerprint density at radius 1 is 1.13 bits per heavy atom. The lowest BCUT2D eigenvalue weighted by molar-refractivity contribution is -0.181. The highest BCUT2D eigenvalue weighted by atomic mass is 16.7. The van der Waals surface area contributed by atoms with E-state index in [0.717, 1.165) is 5.39 Å². The number of nitrogens with zero attached hydrogens (tertiary/aromatic N) is 1. The van der Waals surface area contributed by atoms with Crippen LogP contribution in [0.4, 0.5) is 0 Å². The molecular weight excluding hydrogens is 296 g/mol. The molecule has 0 aliphatic carbocycles. The summed E-state index contributed by atoms with van der Waals surface area (Å²) in [6.45, 7) is 2.36. The number of aromatic nitrogens is 1. The van der Waals surface area contributed by atoms with Crippen LogP contribution in [0.25, 0.3) is 10.8 Å². The zero-order chi connectivity index (χ0) is 15.9. The summed E-state index contributed by atoms with van der Waals surface area (Å²) in [5.41, 5.74) is 0.0975. The molecule has 2 fully saturated rings. The average molecular weight is 314 g/mol. The highest BCUT2D eigenvalue weighted by molar-refractivity contribution is 5.96. The molecule has 4 rings (SSSR count). The van der Waals surface area contributed by atoms with E-state index in [2.05, 4.69) is 4.98 Å².